The number of hydrogen-bond acceptors (Lipinski definition) is 0. The average Bonchev–Trinajstić information content (AvgIpc) is 2.24. The highest BCUT2D eigenvalue weighted by Gasteiger charge is 2.38. The highest BCUT2D eigenvalue weighted by Crippen LogP contribution is 2.29. The first-order chi connectivity index (χ1) is 7.70. The number of quaternary nitrogens is 1. The van der Waals surface area contributed by atoms with Crippen molar-refractivity contribution in [3.8, 4) is 0 Å². The Morgan fingerprint density at radius 3 is 2.00 bits per heavy atom. The molecule has 0 radical (unpaired) electrons. The van der Waals surface area contributed by atoms with E-state index in [1.54, 1.807) is 0 Å². The van der Waals surface area contributed by atoms with Gasteiger partial charge in [-0.2, -0.15) is 0 Å². The van der Waals surface area contributed by atoms with Crippen LogP contribution in [0.3, 0.4) is 0 Å². The Balaban J connectivity index is 4.90. The zero-order chi connectivity index (χ0) is 13.7. The molecule has 0 heterocycles. The summed E-state index contributed by atoms with van der Waals surface area (Å²) in [7, 11) is 4.75. The third kappa shape index (κ3) is 4.46. The van der Waals surface area contributed by atoms with Gasteiger partial charge >= 0.3 is 0 Å². The summed E-state index contributed by atoms with van der Waals surface area (Å²) in [6, 6.07) is 0. The summed E-state index contributed by atoms with van der Waals surface area (Å²) in [4.78, 5) is 0. The van der Waals surface area contributed by atoms with Gasteiger partial charge in [0.15, 0.2) is 0 Å². The lowest BCUT2D eigenvalue weighted by molar-refractivity contribution is -0.935. The van der Waals surface area contributed by atoms with Gasteiger partial charge in [0.1, 0.15) is 5.54 Å². The summed E-state index contributed by atoms with van der Waals surface area (Å²) in [5.41, 5.74) is 0.263. The predicted molar refractivity (Wildman–Crippen MR) is 79.1 cm³/mol. The Kier molecular flexibility index (Phi) is 6.47. The summed E-state index contributed by atoms with van der Waals surface area (Å²) < 4.78 is 1.08. The van der Waals surface area contributed by atoms with Crippen LogP contribution in [0.15, 0.2) is 12.2 Å². The number of nitrogens with zero attached hydrogens (tertiary/aromatic N) is 1. The monoisotopic (exact) mass is 240 g/mol. The van der Waals surface area contributed by atoms with Crippen LogP contribution in [0.25, 0.3) is 0 Å². The standard InChI is InChI=1S/C16H34N/c1-9-11-12-16(6,10-2)17(7,8)13-15(5)14(3)4/h11-12,14-15H,9-10,13H2,1-8H3/q+1/b12-11+. The molecule has 17 heavy (non-hydrogen) atoms. The molecule has 0 saturated heterocycles. The molecular weight excluding hydrogens is 206 g/mol. The van der Waals surface area contributed by atoms with Gasteiger partial charge in [-0.15, -0.1) is 0 Å². The van der Waals surface area contributed by atoms with Crippen LogP contribution in [-0.2, 0) is 0 Å². The van der Waals surface area contributed by atoms with E-state index in [1.165, 1.54) is 13.0 Å². The van der Waals surface area contributed by atoms with Crippen LogP contribution in [0.5, 0.6) is 0 Å². The molecule has 102 valence electrons. The van der Waals surface area contributed by atoms with Gasteiger partial charge in [0.05, 0.1) is 20.6 Å². The lowest BCUT2D eigenvalue weighted by Gasteiger charge is -2.46. The van der Waals surface area contributed by atoms with Crippen LogP contribution >= 0.6 is 0 Å². The van der Waals surface area contributed by atoms with Gasteiger partial charge in [0.2, 0.25) is 0 Å². The summed E-state index contributed by atoms with van der Waals surface area (Å²) in [6.45, 7) is 15.2. The first-order valence-electron chi connectivity index (χ1n) is 7.21. The summed E-state index contributed by atoms with van der Waals surface area (Å²) in [5, 5.41) is 0. The Labute approximate surface area is 109 Å². The van der Waals surface area contributed by atoms with Crippen molar-refractivity contribution < 1.29 is 4.48 Å². The molecular formula is C16H34N+. The first kappa shape index (κ1) is 16.7. The van der Waals surface area contributed by atoms with Gasteiger partial charge in [-0.1, -0.05) is 40.7 Å². The van der Waals surface area contributed by atoms with Gasteiger partial charge in [-0.25, -0.2) is 0 Å². The zero-order valence-corrected chi connectivity index (χ0v) is 13.4. The van der Waals surface area contributed by atoms with E-state index in [0.29, 0.717) is 0 Å². The minimum atomic E-state index is 0.263. The van der Waals surface area contributed by atoms with Gasteiger partial charge in [0.25, 0.3) is 0 Å². The fourth-order valence-corrected chi connectivity index (χ4v) is 2.26. The second kappa shape index (κ2) is 6.58. The third-order valence-electron chi connectivity index (χ3n) is 4.69. The highest BCUT2D eigenvalue weighted by atomic mass is 15.4. The molecule has 0 aromatic carbocycles. The number of rotatable bonds is 7. The predicted octanol–water partition coefficient (Wildman–Crippen LogP) is 4.49. The minimum absolute atomic E-state index is 0.263. The third-order valence-corrected chi connectivity index (χ3v) is 4.69. The number of hydrogen-bond donors (Lipinski definition) is 0. The molecule has 0 fully saturated rings. The van der Waals surface area contributed by atoms with Crippen LogP contribution in [0.2, 0.25) is 0 Å². The Morgan fingerprint density at radius 1 is 1.12 bits per heavy atom. The Morgan fingerprint density at radius 2 is 1.65 bits per heavy atom. The van der Waals surface area contributed by atoms with Crippen LogP contribution < -0.4 is 0 Å². The fourth-order valence-electron chi connectivity index (χ4n) is 2.26. The second-order valence-corrected chi connectivity index (χ2v) is 6.61. The van der Waals surface area contributed by atoms with E-state index < -0.39 is 0 Å². The highest BCUT2D eigenvalue weighted by molar-refractivity contribution is 4.98. The van der Waals surface area contributed by atoms with Crippen molar-refractivity contribution in [2.24, 2.45) is 11.8 Å². The smallest absolute Gasteiger partial charge is 0.114 e. The maximum Gasteiger partial charge on any atom is 0.114 e. The first-order valence-corrected chi connectivity index (χ1v) is 7.21. The largest absolute Gasteiger partial charge is 0.320 e. The minimum Gasteiger partial charge on any atom is -0.320 e. The van der Waals surface area contributed by atoms with E-state index in [-0.39, 0.29) is 5.54 Å². The van der Waals surface area contributed by atoms with E-state index in [9.17, 15) is 0 Å². The van der Waals surface area contributed by atoms with Gasteiger partial charge in [-0.3, -0.25) is 0 Å². The van der Waals surface area contributed by atoms with E-state index in [4.69, 9.17) is 0 Å². The molecule has 1 nitrogen and oxygen atoms in total. The number of allylic oxidation sites excluding steroid dienone is 1. The second-order valence-electron chi connectivity index (χ2n) is 6.61. The molecule has 0 amide bonds. The van der Waals surface area contributed by atoms with Crippen molar-refractivity contribution in [1.82, 2.24) is 0 Å². The van der Waals surface area contributed by atoms with Crippen molar-refractivity contribution in [1.29, 1.82) is 0 Å². The number of likely N-dealkylation sites (N-methyl/N-ethyl adjacent to an activating group) is 1. The van der Waals surface area contributed by atoms with E-state index in [2.05, 4.69) is 67.8 Å². The van der Waals surface area contributed by atoms with Crippen molar-refractivity contribution in [3.63, 3.8) is 0 Å². The molecule has 0 aliphatic carbocycles. The molecule has 0 aromatic heterocycles. The molecule has 1 heteroatoms. The molecule has 2 unspecified atom stereocenters. The molecule has 0 saturated carbocycles. The van der Waals surface area contributed by atoms with E-state index in [1.807, 2.05) is 0 Å². The SMILES string of the molecule is CC/C=C/C(C)(CC)[N+](C)(C)CC(C)C(C)C. The topological polar surface area (TPSA) is 0 Å². The molecule has 0 N–H and O–H groups in total. The molecule has 0 aliphatic heterocycles. The fraction of sp³-hybridized carbons (Fsp3) is 0.875. The van der Waals surface area contributed by atoms with Crippen LogP contribution in [0.4, 0.5) is 0 Å². The van der Waals surface area contributed by atoms with Gasteiger partial charge in [0, 0.05) is 12.3 Å². The van der Waals surface area contributed by atoms with E-state index in [0.717, 1.165) is 22.7 Å². The summed E-state index contributed by atoms with van der Waals surface area (Å²) >= 11 is 0. The summed E-state index contributed by atoms with van der Waals surface area (Å²) in [6.07, 6.45) is 7.08. The summed E-state index contributed by atoms with van der Waals surface area (Å²) in [5.74, 6) is 1.54. The van der Waals surface area contributed by atoms with Crippen LogP contribution in [0.1, 0.15) is 54.4 Å². The lowest BCUT2D eigenvalue weighted by Crippen LogP contribution is -2.58. The average molecular weight is 240 g/mol. The molecule has 2 atom stereocenters. The molecule has 0 aliphatic rings. The van der Waals surface area contributed by atoms with Crippen molar-refractivity contribution in [3.05, 3.63) is 12.2 Å². The maximum atomic E-state index is 2.43. The van der Waals surface area contributed by atoms with Crippen molar-refractivity contribution in [2.75, 3.05) is 20.6 Å². The van der Waals surface area contributed by atoms with Gasteiger partial charge < -0.3 is 4.48 Å². The van der Waals surface area contributed by atoms with E-state index >= 15 is 0 Å². The normalized spacial score (nSPS) is 18.6. The molecule has 0 spiro atoms. The quantitative estimate of drug-likeness (QED) is 0.454. The molecule has 0 aromatic rings. The van der Waals surface area contributed by atoms with Crippen molar-refractivity contribution >= 4 is 0 Å². The van der Waals surface area contributed by atoms with Gasteiger partial charge in [-0.05, 0) is 25.3 Å². The lowest BCUT2D eigenvalue weighted by atomic mass is 9.89. The Bertz CT molecular complexity index is 240. The molecule has 0 bridgehead atoms. The zero-order valence-electron chi connectivity index (χ0n) is 13.4. The van der Waals surface area contributed by atoms with Crippen molar-refractivity contribution in [2.45, 2.75) is 59.9 Å². The Hall–Kier alpha value is -0.300. The van der Waals surface area contributed by atoms with Crippen LogP contribution in [-0.4, -0.2) is 30.7 Å². The van der Waals surface area contributed by atoms with Crippen LogP contribution in [0, 0.1) is 11.8 Å². The maximum absolute atomic E-state index is 2.43. The molecule has 0 rings (SSSR count).